The molecule has 94 valence electrons. The zero-order valence-corrected chi connectivity index (χ0v) is 9.99. The first-order valence-corrected chi connectivity index (χ1v) is 5.36. The number of nitrogens with zero attached hydrogens (tertiary/aromatic N) is 4. The van der Waals surface area contributed by atoms with E-state index < -0.39 is 5.97 Å². The minimum Gasteiger partial charge on any atom is -0.496 e. The average Bonchev–Trinajstić information content (AvgIpc) is 2.87. The molecule has 7 heteroatoms. The first-order valence-electron chi connectivity index (χ1n) is 5.36. The largest absolute Gasteiger partial charge is 0.496 e. The molecule has 1 heterocycles. The lowest BCUT2D eigenvalue weighted by Gasteiger charge is -2.07. The zero-order chi connectivity index (χ0) is 13.1. The molecule has 1 aromatic carbocycles. The normalized spacial score (nSPS) is 10.3. The Kier molecular flexibility index (Phi) is 3.22. The topological polar surface area (TPSA) is 90.1 Å². The van der Waals surface area contributed by atoms with Crippen LogP contribution in [0.15, 0.2) is 18.2 Å². The van der Waals surface area contributed by atoms with Gasteiger partial charge in [-0.05, 0) is 35.4 Å². The van der Waals surface area contributed by atoms with Crippen LogP contribution in [0.2, 0.25) is 0 Å². The van der Waals surface area contributed by atoms with Gasteiger partial charge in [0.15, 0.2) is 0 Å². The van der Waals surface area contributed by atoms with Crippen molar-refractivity contribution >= 4 is 5.97 Å². The summed E-state index contributed by atoms with van der Waals surface area (Å²) in [7, 11) is 1.60. The Hall–Kier alpha value is -2.44. The Bertz CT molecular complexity index is 579. The predicted octanol–water partition coefficient (Wildman–Crippen LogP) is 0.931. The molecule has 2 aromatic rings. The lowest BCUT2D eigenvalue weighted by atomic mass is 10.1. The van der Waals surface area contributed by atoms with Gasteiger partial charge in [-0.25, -0.2) is 4.79 Å². The van der Waals surface area contributed by atoms with Gasteiger partial charge in [-0.15, -0.1) is 15.0 Å². The highest BCUT2D eigenvalue weighted by Crippen LogP contribution is 2.21. The summed E-state index contributed by atoms with van der Waals surface area (Å²) in [5.41, 5.74) is 1.64. The summed E-state index contributed by atoms with van der Waals surface area (Å²) < 4.78 is 5.21. The third kappa shape index (κ3) is 2.15. The summed E-state index contributed by atoms with van der Waals surface area (Å²) in [6, 6.07) is 5.37. The summed E-state index contributed by atoms with van der Waals surface area (Å²) in [4.78, 5) is 11.9. The number of hydrogen-bond donors (Lipinski definition) is 1. The quantitative estimate of drug-likeness (QED) is 0.865. The van der Waals surface area contributed by atoms with Crippen molar-refractivity contribution in [3.05, 3.63) is 29.6 Å². The van der Waals surface area contributed by atoms with Gasteiger partial charge in [0.2, 0.25) is 0 Å². The minimum absolute atomic E-state index is 0.330. The number of aryl methyl sites for hydroxylation is 1. The molecule has 0 aliphatic carbocycles. The first kappa shape index (κ1) is 12.0. The predicted molar refractivity (Wildman–Crippen MR) is 62.0 cm³/mol. The van der Waals surface area contributed by atoms with E-state index in [9.17, 15) is 4.79 Å². The van der Waals surface area contributed by atoms with E-state index in [-0.39, 0.29) is 5.82 Å². The molecule has 0 aliphatic heterocycles. The molecule has 0 aliphatic rings. The van der Waals surface area contributed by atoms with Crippen LogP contribution >= 0.6 is 0 Å². The van der Waals surface area contributed by atoms with Gasteiger partial charge < -0.3 is 9.84 Å². The summed E-state index contributed by atoms with van der Waals surface area (Å²) in [5, 5.41) is 19.6. The van der Waals surface area contributed by atoms with Crippen molar-refractivity contribution in [2.24, 2.45) is 0 Å². The monoisotopic (exact) mass is 248 g/mol. The van der Waals surface area contributed by atoms with E-state index in [1.807, 2.05) is 13.0 Å². The van der Waals surface area contributed by atoms with Gasteiger partial charge in [0.1, 0.15) is 5.75 Å². The molecule has 0 fully saturated rings. The molecule has 0 saturated heterocycles. The van der Waals surface area contributed by atoms with Crippen molar-refractivity contribution < 1.29 is 14.6 Å². The van der Waals surface area contributed by atoms with Gasteiger partial charge in [0.25, 0.3) is 5.82 Å². The molecule has 1 N–H and O–H groups in total. The van der Waals surface area contributed by atoms with Gasteiger partial charge >= 0.3 is 5.97 Å². The standard InChI is InChI=1S/C11H12N4O3/c1-3-7-6-8(4-5-9(7)18-2)15-13-10(11(16)17)12-14-15/h4-6H,3H2,1-2H3,(H,16,17). The van der Waals surface area contributed by atoms with Crippen molar-refractivity contribution in [2.75, 3.05) is 7.11 Å². The Morgan fingerprint density at radius 1 is 1.50 bits per heavy atom. The molecule has 18 heavy (non-hydrogen) atoms. The summed E-state index contributed by atoms with van der Waals surface area (Å²) >= 11 is 0. The number of carboxylic acid groups (broad SMARTS) is 1. The Balaban J connectivity index is 2.41. The van der Waals surface area contributed by atoms with Crippen molar-refractivity contribution in [1.29, 1.82) is 0 Å². The molecule has 2 rings (SSSR count). The fourth-order valence-electron chi connectivity index (χ4n) is 1.58. The smallest absolute Gasteiger partial charge is 0.377 e. The number of methoxy groups -OCH3 is 1. The van der Waals surface area contributed by atoms with Crippen molar-refractivity contribution in [1.82, 2.24) is 20.2 Å². The van der Waals surface area contributed by atoms with Crippen LogP contribution < -0.4 is 4.74 Å². The van der Waals surface area contributed by atoms with Crippen LogP contribution in [0.3, 0.4) is 0 Å². The summed E-state index contributed by atoms with van der Waals surface area (Å²) in [6.07, 6.45) is 0.789. The van der Waals surface area contributed by atoms with Gasteiger partial charge in [-0.1, -0.05) is 6.92 Å². The van der Waals surface area contributed by atoms with Crippen molar-refractivity contribution in [2.45, 2.75) is 13.3 Å². The molecular weight excluding hydrogens is 236 g/mol. The van der Waals surface area contributed by atoms with Crippen LogP contribution in [0.25, 0.3) is 5.69 Å². The first-order chi connectivity index (χ1) is 8.65. The fraction of sp³-hybridized carbons (Fsp3) is 0.273. The summed E-state index contributed by atoms with van der Waals surface area (Å²) in [6.45, 7) is 2.00. The third-order valence-corrected chi connectivity index (χ3v) is 2.48. The van der Waals surface area contributed by atoms with Crippen LogP contribution in [0.5, 0.6) is 5.75 Å². The third-order valence-electron chi connectivity index (χ3n) is 2.48. The molecule has 0 atom stereocenters. The number of aromatic nitrogens is 4. The van der Waals surface area contributed by atoms with Crippen LogP contribution in [-0.4, -0.2) is 38.4 Å². The Morgan fingerprint density at radius 3 is 2.83 bits per heavy atom. The van der Waals surface area contributed by atoms with E-state index in [0.29, 0.717) is 5.69 Å². The lowest BCUT2D eigenvalue weighted by Crippen LogP contribution is -2.03. The highest BCUT2D eigenvalue weighted by atomic mass is 16.5. The zero-order valence-electron chi connectivity index (χ0n) is 9.99. The van der Waals surface area contributed by atoms with Crippen LogP contribution in [0, 0.1) is 0 Å². The summed E-state index contributed by atoms with van der Waals surface area (Å²) in [5.74, 6) is -0.755. The van der Waals surface area contributed by atoms with E-state index in [2.05, 4.69) is 15.4 Å². The molecule has 7 nitrogen and oxygen atoms in total. The van der Waals surface area contributed by atoms with E-state index in [4.69, 9.17) is 9.84 Å². The van der Waals surface area contributed by atoms with Crippen LogP contribution in [0.1, 0.15) is 23.1 Å². The maximum Gasteiger partial charge on any atom is 0.377 e. The second-order valence-electron chi connectivity index (χ2n) is 3.56. The number of tetrazole rings is 1. The molecule has 0 saturated carbocycles. The van der Waals surface area contributed by atoms with Crippen molar-refractivity contribution in [3.8, 4) is 11.4 Å². The number of hydrogen-bond acceptors (Lipinski definition) is 5. The number of carboxylic acids is 1. The number of benzene rings is 1. The second-order valence-corrected chi connectivity index (χ2v) is 3.56. The number of carbonyl (C=O) groups is 1. The minimum atomic E-state index is -1.20. The van der Waals surface area contributed by atoms with Gasteiger partial charge in [0, 0.05) is 0 Å². The molecule has 0 unspecified atom stereocenters. The van der Waals surface area contributed by atoms with Gasteiger partial charge in [-0.2, -0.15) is 0 Å². The molecule has 0 spiro atoms. The van der Waals surface area contributed by atoms with Crippen molar-refractivity contribution in [3.63, 3.8) is 0 Å². The maximum absolute atomic E-state index is 10.7. The van der Waals surface area contributed by atoms with Crippen LogP contribution in [0.4, 0.5) is 0 Å². The molecule has 0 radical (unpaired) electrons. The fourth-order valence-corrected chi connectivity index (χ4v) is 1.58. The Labute approximate surface area is 103 Å². The maximum atomic E-state index is 10.7. The molecule has 1 aromatic heterocycles. The van der Waals surface area contributed by atoms with Crippen LogP contribution in [-0.2, 0) is 6.42 Å². The highest BCUT2D eigenvalue weighted by Gasteiger charge is 2.12. The number of aromatic carboxylic acids is 1. The number of ether oxygens (including phenoxy) is 1. The SMILES string of the molecule is CCc1cc(-n2nnc(C(=O)O)n2)ccc1OC. The van der Waals surface area contributed by atoms with E-state index in [1.165, 1.54) is 4.80 Å². The Morgan fingerprint density at radius 2 is 2.28 bits per heavy atom. The average molecular weight is 248 g/mol. The van der Waals surface area contributed by atoms with E-state index >= 15 is 0 Å². The van der Waals surface area contributed by atoms with Gasteiger partial charge in [-0.3, -0.25) is 0 Å². The van der Waals surface area contributed by atoms with E-state index in [0.717, 1.165) is 17.7 Å². The molecular formula is C11H12N4O3. The van der Waals surface area contributed by atoms with E-state index in [1.54, 1.807) is 19.2 Å². The second kappa shape index (κ2) is 4.82. The highest BCUT2D eigenvalue weighted by molar-refractivity contribution is 5.82. The van der Waals surface area contributed by atoms with Gasteiger partial charge in [0.05, 0.1) is 12.8 Å². The molecule has 0 amide bonds. The molecule has 0 bridgehead atoms. The number of rotatable bonds is 4. The lowest BCUT2D eigenvalue weighted by molar-refractivity contribution is 0.0683.